The number of benzene rings is 1. The molecule has 6 nitrogen and oxygen atoms in total. The maximum Gasteiger partial charge on any atom is 0.170 e. The maximum absolute atomic E-state index is 8.56. The number of oxime groups is 1. The summed E-state index contributed by atoms with van der Waals surface area (Å²) in [5.74, 6) is 0.853. The van der Waals surface area contributed by atoms with Crippen LogP contribution in [0.5, 0.6) is 5.75 Å². The molecule has 0 aromatic heterocycles. The molecule has 1 aromatic rings. The van der Waals surface area contributed by atoms with Gasteiger partial charge in [-0.25, -0.2) is 0 Å². The van der Waals surface area contributed by atoms with Crippen LogP contribution in [0.2, 0.25) is 0 Å². The number of hydrogen-bond donors (Lipinski definition) is 3. The molecule has 0 bridgehead atoms. The van der Waals surface area contributed by atoms with Gasteiger partial charge in [0.15, 0.2) is 5.84 Å². The molecule has 0 radical (unpaired) electrons. The van der Waals surface area contributed by atoms with Crippen molar-refractivity contribution in [3.05, 3.63) is 29.8 Å². The zero-order valence-corrected chi connectivity index (χ0v) is 12.5. The van der Waals surface area contributed by atoms with Gasteiger partial charge in [-0.2, -0.15) is 0 Å². The first-order valence-electron chi connectivity index (χ1n) is 7.27. The zero-order chi connectivity index (χ0) is 15.3. The van der Waals surface area contributed by atoms with Gasteiger partial charge in [-0.3, -0.25) is 0 Å². The molecule has 0 fully saturated rings. The van der Waals surface area contributed by atoms with Crippen molar-refractivity contribution in [3.8, 4) is 5.75 Å². The van der Waals surface area contributed by atoms with Gasteiger partial charge in [-0.1, -0.05) is 12.1 Å². The normalized spacial score (nSPS) is 11.6. The van der Waals surface area contributed by atoms with Crippen LogP contribution >= 0.6 is 0 Å². The van der Waals surface area contributed by atoms with Crippen molar-refractivity contribution in [1.29, 1.82) is 0 Å². The Labute approximate surface area is 125 Å². The maximum atomic E-state index is 8.56. The van der Waals surface area contributed by atoms with E-state index in [1.807, 2.05) is 0 Å². The number of nitrogens with two attached hydrogens (primary N) is 1. The van der Waals surface area contributed by atoms with E-state index in [0.29, 0.717) is 12.2 Å². The van der Waals surface area contributed by atoms with Gasteiger partial charge < -0.3 is 25.7 Å². The van der Waals surface area contributed by atoms with Crippen molar-refractivity contribution in [2.24, 2.45) is 10.9 Å². The molecule has 0 amide bonds. The summed E-state index contributed by atoms with van der Waals surface area (Å²) in [6.45, 7) is 6.05. The summed E-state index contributed by atoms with van der Waals surface area (Å²) in [6, 6.07) is 7.10. The molecule has 1 aromatic carbocycles. The lowest BCUT2D eigenvalue weighted by Gasteiger charge is -2.08. The fourth-order valence-electron chi connectivity index (χ4n) is 1.69. The summed E-state index contributed by atoms with van der Waals surface area (Å²) >= 11 is 0. The van der Waals surface area contributed by atoms with E-state index in [-0.39, 0.29) is 5.84 Å². The highest BCUT2D eigenvalue weighted by Crippen LogP contribution is 2.11. The van der Waals surface area contributed by atoms with E-state index in [9.17, 15) is 0 Å². The van der Waals surface area contributed by atoms with E-state index >= 15 is 0 Å². The Morgan fingerprint density at radius 2 is 1.95 bits per heavy atom. The topological polar surface area (TPSA) is 89.1 Å². The van der Waals surface area contributed by atoms with Crippen molar-refractivity contribution in [3.63, 3.8) is 0 Å². The lowest BCUT2D eigenvalue weighted by atomic mass is 10.2. The van der Waals surface area contributed by atoms with Gasteiger partial charge in [-0.05, 0) is 43.7 Å². The molecule has 21 heavy (non-hydrogen) atoms. The standard InChI is InChI=1S/C15H25N3O3/c1-2-10-20-11-3-8-17-9-12-21-14-6-4-13(5-7-14)15(16)18-19/h4-7,17,19H,2-3,8-12H2,1H3,(H2,16,18). The fraction of sp³-hybridized carbons (Fsp3) is 0.533. The third-order valence-corrected chi connectivity index (χ3v) is 2.80. The second-order valence-electron chi connectivity index (χ2n) is 4.57. The SMILES string of the molecule is CCCOCCCNCCOc1ccc(/C(N)=N/O)cc1. The van der Waals surface area contributed by atoms with E-state index in [1.54, 1.807) is 24.3 Å². The second kappa shape index (κ2) is 10.9. The molecule has 4 N–H and O–H groups in total. The van der Waals surface area contributed by atoms with Gasteiger partial charge >= 0.3 is 0 Å². The second-order valence-corrected chi connectivity index (χ2v) is 4.57. The first-order chi connectivity index (χ1) is 10.3. The van der Waals surface area contributed by atoms with Crippen LogP contribution < -0.4 is 15.8 Å². The molecule has 0 aliphatic carbocycles. The quantitative estimate of drug-likeness (QED) is 0.189. The predicted molar refractivity (Wildman–Crippen MR) is 83.0 cm³/mol. The molecule has 0 heterocycles. The number of rotatable bonds is 11. The van der Waals surface area contributed by atoms with Crippen LogP contribution in [0, 0.1) is 0 Å². The molecular formula is C15H25N3O3. The molecule has 118 valence electrons. The van der Waals surface area contributed by atoms with Gasteiger partial charge in [0.2, 0.25) is 0 Å². The van der Waals surface area contributed by atoms with Gasteiger partial charge in [0.25, 0.3) is 0 Å². The molecule has 0 spiro atoms. The number of nitrogens with zero attached hydrogens (tertiary/aromatic N) is 1. The Kier molecular flexibility index (Phi) is 8.99. The van der Waals surface area contributed by atoms with Gasteiger partial charge in [0.1, 0.15) is 12.4 Å². The Balaban J connectivity index is 2.08. The number of ether oxygens (including phenoxy) is 2. The van der Waals surface area contributed by atoms with E-state index in [4.69, 9.17) is 20.4 Å². The largest absolute Gasteiger partial charge is 0.492 e. The summed E-state index contributed by atoms with van der Waals surface area (Å²) in [7, 11) is 0. The highest BCUT2D eigenvalue weighted by molar-refractivity contribution is 5.97. The molecule has 0 aliphatic heterocycles. The van der Waals surface area contributed by atoms with Crippen LogP contribution in [0.25, 0.3) is 0 Å². The Bertz CT molecular complexity index is 407. The summed E-state index contributed by atoms with van der Waals surface area (Å²) in [4.78, 5) is 0. The van der Waals surface area contributed by atoms with Crippen LogP contribution in [0.4, 0.5) is 0 Å². The van der Waals surface area contributed by atoms with Gasteiger partial charge in [0.05, 0.1) is 0 Å². The molecule has 0 unspecified atom stereocenters. The van der Waals surface area contributed by atoms with E-state index in [2.05, 4.69) is 17.4 Å². The lowest BCUT2D eigenvalue weighted by Crippen LogP contribution is -2.23. The van der Waals surface area contributed by atoms with Gasteiger partial charge in [-0.15, -0.1) is 0 Å². The van der Waals surface area contributed by atoms with Gasteiger partial charge in [0, 0.05) is 25.3 Å². The zero-order valence-electron chi connectivity index (χ0n) is 12.5. The van der Waals surface area contributed by atoms with Crippen molar-refractivity contribution in [2.45, 2.75) is 19.8 Å². The number of hydrogen-bond acceptors (Lipinski definition) is 5. The Morgan fingerprint density at radius 1 is 1.19 bits per heavy atom. The third-order valence-electron chi connectivity index (χ3n) is 2.80. The van der Waals surface area contributed by atoms with Crippen LogP contribution in [-0.4, -0.2) is 44.0 Å². The average molecular weight is 295 g/mol. The highest BCUT2D eigenvalue weighted by atomic mass is 16.5. The van der Waals surface area contributed by atoms with Crippen molar-refractivity contribution in [2.75, 3.05) is 32.9 Å². The Hall–Kier alpha value is -1.79. The van der Waals surface area contributed by atoms with Crippen molar-refractivity contribution >= 4 is 5.84 Å². The third kappa shape index (κ3) is 7.53. The molecule has 0 atom stereocenters. The summed E-state index contributed by atoms with van der Waals surface area (Å²) in [5.41, 5.74) is 6.14. The smallest absolute Gasteiger partial charge is 0.170 e. The summed E-state index contributed by atoms with van der Waals surface area (Å²) in [6.07, 6.45) is 2.07. The van der Waals surface area contributed by atoms with Crippen LogP contribution in [0.3, 0.4) is 0 Å². The van der Waals surface area contributed by atoms with Crippen LogP contribution in [0.1, 0.15) is 25.3 Å². The van der Waals surface area contributed by atoms with Crippen LogP contribution in [-0.2, 0) is 4.74 Å². The molecule has 0 aliphatic rings. The van der Waals surface area contributed by atoms with E-state index in [1.165, 1.54) is 0 Å². The minimum Gasteiger partial charge on any atom is -0.492 e. The molecular weight excluding hydrogens is 270 g/mol. The molecule has 1 rings (SSSR count). The Morgan fingerprint density at radius 3 is 2.62 bits per heavy atom. The first-order valence-corrected chi connectivity index (χ1v) is 7.27. The minimum absolute atomic E-state index is 0.0912. The lowest BCUT2D eigenvalue weighted by molar-refractivity contribution is 0.132. The number of nitrogens with one attached hydrogen (secondary N) is 1. The minimum atomic E-state index is 0.0912. The summed E-state index contributed by atoms with van der Waals surface area (Å²) < 4.78 is 11.0. The molecule has 6 heteroatoms. The first kappa shape index (κ1) is 17.3. The van der Waals surface area contributed by atoms with Crippen molar-refractivity contribution in [1.82, 2.24) is 5.32 Å². The summed E-state index contributed by atoms with van der Waals surface area (Å²) in [5, 5.41) is 14.8. The predicted octanol–water partition coefficient (Wildman–Crippen LogP) is 1.57. The fourth-order valence-corrected chi connectivity index (χ4v) is 1.69. The average Bonchev–Trinajstić information content (AvgIpc) is 2.53. The molecule has 0 saturated heterocycles. The monoisotopic (exact) mass is 295 g/mol. The highest BCUT2D eigenvalue weighted by Gasteiger charge is 1.99. The molecule has 0 saturated carbocycles. The van der Waals surface area contributed by atoms with Crippen LogP contribution in [0.15, 0.2) is 29.4 Å². The van der Waals surface area contributed by atoms with E-state index < -0.39 is 0 Å². The number of amidine groups is 1. The van der Waals surface area contributed by atoms with E-state index in [0.717, 1.165) is 44.9 Å². The van der Waals surface area contributed by atoms with Crippen molar-refractivity contribution < 1.29 is 14.7 Å².